The number of hydrogen-bond acceptors (Lipinski definition) is 3. The fourth-order valence-corrected chi connectivity index (χ4v) is 5.09. The SMILES string of the molecule is COc1ccc2c(c1)NC1(CCN(C(=O)c3cc4ccccc4[nH]3)CC1)c1cccn1-2. The number of H-pyrrole nitrogens is 1. The molecule has 0 saturated carbocycles. The summed E-state index contributed by atoms with van der Waals surface area (Å²) < 4.78 is 7.71. The number of nitrogens with one attached hydrogen (secondary N) is 2. The molecule has 6 nitrogen and oxygen atoms in total. The Labute approximate surface area is 180 Å². The van der Waals surface area contributed by atoms with Crippen LogP contribution in [0.1, 0.15) is 29.0 Å². The molecule has 6 heteroatoms. The molecule has 6 rings (SSSR count). The third kappa shape index (κ3) is 2.75. The highest BCUT2D eigenvalue weighted by Crippen LogP contribution is 2.44. The predicted octanol–water partition coefficient (Wildman–Crippen LogP) is 4.52. The quantitative estimate of drug-likeness (QED) is 0.509. The van der Waals surface area contributed by atoms with E-state index in [1.807, 2.05) is 41.3 Å². The summed E-state index contributed by atoms with van der Waals surface area (Å²) in [6.07, 6.45) is 3.81. The van der Waals surface area contributed by atoms with Crippen molar-refractivity contribution < 1.29 is 9.53 Å². The van der Waals surface area contributed by atoms with Crippen molar-refractivity contribution in [3.8, 4) is 11.4 Å². The van der Waals surface area contributed by atoms with Crippen LogP contribution in [-0.4, -0.2) is 40.6 Å². The Kier molecular flexibility index (Phi) is 3.90. The molecule has 2 N–H and O–H groups in total. The van der Waals surface area contributed by atoms with Crippen molar-refractivity contribution in [1.29, 1.82) is 0 Å². The van der Waals surface area contributed by atoms with Crippen LogP contribution < -0.4 is 10.1 Å². The lowest BCUT2D eigenvalue weighted by molar-refractivity contribution is 0.0671. The van der Waals surface area contributed by atoms with Gasteiger partial charge in [0.1, 0.15) is 11.4 Å². The van der Waals surface area contributed by atoms with E-state index in [1.165, 1.54) is 5.69 Å². The number of nitrogens with zero attached hydrogens (tertiary/aromatic N) is 2. The highest BCUT2D eigenvalue weighted by Gasteiger charge is 2.42. The third-order valence-corrected chi connectivity index (χ3v) is 6.74. The normalized spacial score (nSPS) is 16.6. The van der Waals surface area contributed by atoms with Crippen molar-refractivity contribution in [3.05, 3.63) is 78.2 Å². The van der Waals surface area contributed by atoms with Gasteiger partial charge in [0.05, 0.1) is 24.0 Å². The second-order valence-corrected chi connectivity index (χ2v) is 8.42. The van der Waals surface area contributed by atoms with Gasteiger partial charge in [-0.15, -0.1) is 0 Å². The Balaban J connectivity index is 1.28. The zero-order valence-electron chi connectivity index (χ0n) is 17.4. The van der Waals surface area contributed by atoms with E-state index in [2.05, 4.69) is 45.3 Å². The first kappa shape index (κ1) is 18.1. The molecule has 0 bridgehead atoms. The van der Waals surface area contributed by atoms with Gasteiger partial charge >= 0.3 is 0 Å². The summed E-state index contributed by atoms with van der Waals surface area (Å²) in [4.78, 5) is 18.4. The number of fused-ring (bicyclic) bond motifs is 5. The second-order valence-electron chi connectivity index (χ2n) is 8.42. The molecule has 0 radical (unpaired) electrons. The molecule has 4 aromatic rings. The Morgan fingerprint density at radius 1 is 1.03 bits per heavy atom. The minimum atomic E-state index is -0.194. The molecule has 1 fully saturated rings. The van der Waals surface area contributed by atoms with Crippen LogP contribution in [0.5, 0.6) is 5.75 Å². The predicted molar refractivity (Wildman–Crippen MR) is 121 cm³/mol. The highest BCUT2D eigenvalue weighted by molar-refractivity contribution is 5.98. The number of likely N-dealkylation sites (tertiary alicyclic amines) is 1. The summed E-state index contributed by atoms with van der Waals surface area (Å²) >= 11 is 0. The lowest BCUT2D eigenvalue weighted by Crippen LogP contribution is -2.51. The minimum absolute atomic E-state index is 0.0688. The van der Waals surface area contributed by atoms with E-state index in [9.17, 15) is 4.79 Å². The second kappa shape index (κ2) is 6.67. The van der Waals surface area contributed by atoms with Crippen molar-refractivity contribution in [2.24, 2.45) is 0 Å². The molecule has 1 spiro atoms. The van der Waals surface area contributed by atoms with Gasteiger partial charge < -0.3 is 24.5 Å². The first-order valence-electron chi connectivity index (χ1n) is 10.7. The summed E-state index contributed by atoms with van der Waals surface area (Å²) in [6.45, 7) is 1.40. The summed E-state index contributed by atoms with van der Waals surface area (Å²) in [7, 11) is 1.69. The molecule has 156 valence electrons. The number of carbonyl (C=O) groups excluding carboxylic acids is 1. The van der Waals surface area contributed by atoms with Crippen LogP contribution in [0, 0.1) is 0 Å². The van der Waals surface area contributed by atoms with Crippen molar-refractivity contribution in [1.82, 2.24) is 14.5 Å². The average molecular weight is 412 g/mol. The van der Waals surface area contributed by atoms with Gasteiger partial charge in [-0.3, -0.25) is 4.79 Å². The van der Waals surface area contributed by atoms with Gasteiger partial charge in [0, 0.05) is 41.9 Å². The van der Waals surface area contributed by atoms with Crippen LogP contribution in [0.4, 0.5) is 5.69 Å². The largest absolute Gasteiger partial charge is 0.497 e. The van der Waals surface area contributed by atoms with E-state index in [-0.39, 0.29) is 11.4 Å². The number of rotatable bonds is 2. The van der Waals surface area contributed by atoms with Crippen molar-refractivity contribution in [3.63, 3.8) is 0 Å². The van der Waals surface area contributed by atoms with Crippen molar-refractivity contribution in [2.45, 2.75) is 18.4 Å². The maximum Gasteiger partial charge on any atom is 0.270 e. The van der Waals surface area contributed by atoms with E-state index < -0.39 is 0 Å². The third-order valence-electron chi connectivity index (χ3n) is 6.74. The number of anilines is 1. The van der Waals surface area contributed by atoms with Gasteiger partial charge in [-0.1, -0.05) is 18.2 Å². The fourth-order valence-electron chi connectivity index (χ4n) is 5.09. The maximum absolute atomic E-state index is 13.2. The van der Waals surface area contributed by atoms with Crippen LogP contribution in [0.3, 0.4) is 0 Å². The summed E-state index contributed by atoms with van der Waals surface area (Å²) in [5.41, 5.74) is 4.91. The van der Waals surface area contributed by atoms with Gasteiger partial charge in [0.25, 0.3) is 5.91 Å². The Hall–Kier alpha value is -3.67. The molecule has 2 aromatic heterocycles. The number of aromatic nitrogens is 2. The number of aromatic amines is 1. The lowest BCUT2D eigenvalue weighted by Gasteiger charge is -2.46. The van der Waals surface area contributed by atoms with E-state index in [0.717, 1.165) is 40.9 Å². The number of methoxy groups -OCH3 is 1. The maximum atomic E-state index is 13.2. The molecule has 1 saturated heterocycles. The topological polar surface area (TPSA) is 62.3 Å². The molecular formula is C25H24N4O2. The molecule has 2 aromatic carbocycles. The highest BCUT2D eigenvalue weighted by atomic mass is 16.5. The lowest BCUT2D eigenvalue weighted by atomic mass is 9.82. The van der Waals surface area contributed by atoms with Crippen LogP contribution in [0.25, 0.3) is 16.6 Å². The smallest absolute Gasteiger partial charge is 0.270 e. The van der Waals surface area contributed by atoms with Crippen LogP contribution in [0.15, 0.2) is 66.9 Å². The van der Waals surface area contributed by atoms with E-state index in [1.54, 1.807) is 7.11 Å². The molecule has 1 amide bonds. The summed E-state index contributed by atoms with van der Waals surface area (Å²) in [6, 6.07) is 20.4. The zero-order chi connectivity index (χ0) is 21.0. The number of amides is 1. The molecule has 31 heavy (non-hydrogen) atoms. The number of piperidine rings is 1. The van der Waals surface area contributed by atoms with Gasteiger partial charge in [-0.25, -0.2) is 0 Å². The van der Waals surface area contributed by atoms with Crippen molar-refractivity contribution >= 4 is 22.5 Å². The molecule has 0 aliphatic carbocycles. The van der Waals surface area contributed by atoms with E-state index >= 15 is 0 Å². The number of benzene rings is 2. The number of para-hydroxylation sites is 1. The average Bonchev–Trinajstić information content (AvgIpc) is 3.47. The molecule has 4 heterocycles. The van der Waals surface area contributed by atoms with Gasteiger partial charge in [-0.2, -0.15) is 0 Å². The number of ether oxygens (including phenoxy) is 1. The molecule has 0 unspecified atom stereocenters. The summed E-state index contributed by atoms with van der Waals surface area (Å²) in [5, 5.41) is 4.87. The molecular weight excluding hydrogens is 388 g/mol. The number of carbonyl (C=O) groups is 1. The van der Waals surface area contributed by atoms with Gasteiger partial charge in [-0.05, 0) is 49.2 Å². The van der Waals surface area contributed by atoms with Crippen LogP contribution >= 0.6 is 0 Å². The van der Waals surface area contributed by atoms with Crippen LogP contribution in [0.2, 0.25) is 0 Å². The minimum Gasteiger partial charge on any atom is -0.497 e. The molecule has 2 aliphatic heterocycles. The standard InChI is InChI=1S/C25H24N4O2/c1-31-18-8-9-22-20(16-18)27-25(23-7-4-12-29(22)23)10-13-28(14-11-25)24(30)21-15-17-5-2-3-6-19(17)26-21/h2-9,12,15-16,26-27H,10-11,13-14H2,1H3. The Morgan fingerprint density at radius 3 is 2.68 bits per heavy atom. The molecule has 0 atom stereocenters. The Morgan fingerprint density at radius 2 is 1.87 bits per heavy atom. The monoisotopic (exact) mass is 412 g/mol. The van der Waals surface area contributed by atoms with Crippen molar-refractivity contribution in [2.75, 3.05) is 25.5 Å². The Bertz CT molecular complexity index is 1260. The zero-order valence-corrected chi connectivity index (χ0v) is 17.4. The van der Waals surface area contributed by atoms with Gasteiger partial charge in [0.15, 0.2) is 0 Å². The first-order chi connectivity index (χ1) is 15.2. The number of hydrogen-bond donors (Lipinski definition) is 2. The van der Waals surface area contributed by atoms with Crippen LogP contribution in [-0.2, 0) is 5.54 Å². The van der Waals surface area contributed by atoms with E-state index in [0.29, 0.717) is 18.8 Å². The van der Waals surface area contributed by atoms with E-state index in [4.69, 9.17) is 4.74 Å². The van der Waals surface area contributed by atoms with Gasteiger partial charge in [0.2, 0.25) is 0 Å². The molecule has 2 aliphatic rings. The first-order valence-corrected chi connectivity index (χ1v) is 10.7. The summed E-state index contributed by atoms with van der Waals surface area (Å²) in [5.74, 6) is 0.905. The fraction of sp³-hybridized carbons (Fsp3) is 0.240.